The molecule has 0 unspecified atom stereocenters. The third-order valence-corrected chi connectivity index (χ3v) is 4.97. The summed E-state index contributed by atoms with van der Waals surface area (Å²) < 4.78 is 27.2. The molecule has 0 saturated carbocycles. The highest BCUT2D eigenvalue weighted by Gasteiger charge is 2.24. The van der Waals surface area contributed by atoms with Gasteiger partial charge < -0.3 is 23.7 Å². The van der Waals surface area contributed by atoms with Crippen LogP contribution in [0.25, 0.3) is 11.1 Å². The number of carbonyl (C=O) groups is 1. The average Bonchev–Trinajstić information content (AvgIpc) is 2.84. The van der Waals surface area contributed by atoms with Crippen LogP contribution in [0.4, 0.5) is 0 Å². The smallest absolute Gasteiger partial charge is 0.310 e. The third kappa shape index (κ3) is 5.87. The maximum absolute atomic E-state index is 12.5. The number of methoxy groups -OCH3 is 3. The fraction of sp³-hybridized carbons (Fsp3) is 0.269. The van der Waals surface area contributed by atoms with Crippen molar-refractivity contribution in [1.29, 1.82) is 0 Å². The molecule has 0 fully saturated rings. The predicted octanol–water partition coefficient (Wildman–Crippen LogP) is 4.63. The van der Waals surface area contributed by atoms with Gasteiger partial charge in [0.25, 0.3) is 0 Å². The predicted molar refractivity (Wildman–Crippen MR) is 122 cm³/mol. The summed E-state index contributed by atoms with van der Waals surface area (Å²) in [5.74, 6) is 0.790. The lowest BCUT2D eigenvalue weighted by Crippen LogP contribution is -2.13. The first-order valence-electron chi connectivity index (χ1n) is 10.3. The zero-order chi connectivity index (χ0) is 22.8. The van der Waals surface area contributed by atoms with Crippen LogP contribution in [0.3, 0.4) is 0 Å². The average molecular weight is 437 g/mol. The fourth-order valence-corrected chi connectivity index (χ4v) is 3.54. The van der Waals surface area contributed by atoms with Crippen LogP contribution >= 0.6 is 0 Å². The zero-order valence-electron chi connectivity index (χ0n) is 18.6. The number of hydrogen-bond donors (Lipinski definition) is 0. The Morgan fingerprint density at radius 3 is 1.94 bits per heavy atom. The van der Waals surface area contributed by atoms with E-state index in [9.17, 15) is 4.79 Å². The normalized spacial score (nSPS) is 10.6. The Morgan fingerprint density at radius 2 is 1.34 bits per heavy atom. The van der Waals surface area contributed by atoms with Crippen molar-refractivity contribution in [1.82, 2.24) is 0 Å². The molecule has 3 aromatic carbocycles. The van der Waals surface area contributed by atoms with E-state index >= 15 is 0 Å². The Balaban J connectivity index is 2.27. The van der Waals surface area contributed by atoms with E-state index in [0.717, 1.165) is 27.8 Å². The van der Waals surface area contributed by atoms with Crippen LogP contribution in [0, 0.1) is 0 Å². The molecular formula is C26H28O6. The van der Waals surface area contributed by atoms with E-state index < -0.39 is 0 Å². The number of carbonyl (C=O) groups excluding carboxylic acids is 1. The van der Waals surface area contributed by atoms with E-state index in [-0.39, 0.29) is 26.0 Å². The second kappa shape index (κ2) is 11.9. The van der Waals surface area contributed by atoms with Crippen molar-refractivity contribution in [3.05, 3.63) is 83.4 Å². The second-order valence-corrected chi connectivity index (χ2v) is 7.09. The molecule has 0 spiro atoms. The maximum Gasteiger partial charge on any atom is 0.310 e. The highest BCUT2D eigenvalue weighted by atomic mass is 16.7. The first-order valence-corrected chi connectivity index (χ1v) is 10.3. The van der Waals surface area contributed by atoms with E-state index in [1.54, 1.807) is 14.2 Å². The van der Waals surface area contributed by atoms with E-state index in [1.165, 1.54) is 7.11 Å². The van der Waals surface area contributed by atoms with Gasteiger partial charge in [-0.2, -0.15) is 0 Å². The van der Waals surface area contributed by atoms with Gasteiger partial charge >= 0.3 is 5.97 Å². The highest BCUT2D eigenvalue weighted by molar-refractivity contribution is 5.83. The van der Waals surface area contributed by atoms with E-state index in [1.807, 2.05) is 66.7 Å². The number of esters is 1. The standard InChI is InChI=1S/C26H28O6/c1-28-17-31-23-16-24(32-18-29-2)26(20-12-8-5-9-13-20)22(15-25(27)30-3)21(23)14-19-10-6-4-7-11-19/h4-13,16H,14-15,17-18H2,1-3H3. The van der Waals surface area contributed by atoms with E-state index in [2.05, 4.69) is 0 Å². The molecule has 32 heavy (non-hydrogen) atoms. The quantitative estimate of drug-likeness (QED) is 0.323. The van der Waals surface area contributed by atoms with Crippen molar-refractivity contribution in [3.63, 3.8) is 0 Å². The number of hydrogen-bond acceptors (Lipinski definition) is 6. The summed E-state index contributed by atoms with van der Waals surface area (Å²) in [5.41, 5.74) is 4.48. The van der Waals surface area contributed by atoms with Crippen LogP contribution in [0.1, 0.15) is 16.7 Å². The third-order valence-electron chi connectivity index (χ3n) is 4.97. The van der Waals surface area contributed by atoms with Gasteiger partial charge in [-0.1, -0.05) is 60.7 Å². The summed E-state index contributed by atoms with van der Waals surface area (Å²) in [6.07, 6.45) is 0.632. The van der Waals surface area contributed by atoms with Crippen molar-refractivity contribution in [2.45, 2.75) is 12.8 Å². The molecule has 0 saturated heterocycles. The highest BCUT2D eigenvalue weighted by Crippen LogP contribution is 2.42. The monoisotopic (exact) mass is 436 g/mol. The first kappa shape index (κ1) is 23.3. The van der Waals surface area contributed by atoms with Crippen LogP contribution in [-0.4, -0.2) is 40.9 Å². The summed E-state index contributed by atoms with van der Waals surface area (Å²) in [7, 11) is 4.51. The molecule has 3 rings (SSSR count). The minimum absolute atomic E-state index is 0.0548. The van der Waals surface area contributed by atoms with Crippen molar-refractivity contribution in [2.24, 2.45) is 0 Å². The number of rotatable bonds is 11. The molecule has 3 aromatic rings. The van der Waals surface area contributed by atoms with Gasteiger partial charge in [-0.15, -0.1) is 0 Å². The minimum Gasteiger partial charge on any atom is -0.469 e. The molecule has 6 nitrogen and oxygen atoms in total. The van der Waals surface area contributed by atoms with Crippen LogP contribution < -0.4 is 9.47 Å². The fourth-order valence-electron chi connectivity index (χ4n) is 3.54. The number of ether oxygens (including phenoxy) is 5. The molecule has 168 valence electrons. The Labute approximate surface area is 188 Å². The molecule has 0 amide bonds. The maximum atomic E-state index is 12.5. The Kier molecular flexibility index (Phi) is 8.66. The SMILES string of the molecule is COCOc1cc(OCOC)c(-c2ccccc2)c(CC(=O)OC)c1Cc1ccccc1. The largest absolute Gasteiger partial charge is 0.469 e. The van der Waals surface area contributed by atoms with Crippen LogP contribution in [0.5, 0.6) is 11.5 Å². The summed E-state index contributed by atoms with van der Waals surface area (Å²) >= 11 is 0. The first-order chi connectivity index (χ1) is 15.7. The zero-order valence-corrected chi connectivity index (χ0v) is 18.6. The topological polar surface area (TPSA) is 63.2 Å². The summed E-state index contributed by atoms with van der Waals surface area (Å²) in [4.78, 5) is 12.5. The molecular weight excluding hydrogens is 408 g/mol. The van der Waals surface area contributed by atoms with Gasteiger partial charge in [-0.25, -0.2) is 0 Å². The summed E-state index contributed by atoms with van der Waals surface area (Å²) in [6.45, 7) is 0.118. The summed E-state index contributed by atoms with van der Waals surface area (Å²) in [5, 5.41) is 0. The molecule has 0 aliphatic carbocycles. The molecule has 0 atom stereocenters. The molecule has 6 heteroatoms. The van der Waals surface area contributed by atoms with Crippen LogP contribution in [-0.2, 0) is 31.8 Å². The van der Waals surface area contributed by atoms with Gasteiger partial charge in [-0.3, -0.25) is 4.79 Å². The van der Waals surface area contributed by atoms with Crippen molar-refractivity contribution >= 4 is 5.97 Å². The molecule has 0 heterocycles. The van der Waals surface area contributed by atoms with E-state index in [4.69, 9.17) is 23.7 Å². The Morgan fingerprint density at radius 1 is 0.750 bits per heavy atom. The molecule has 0 bridgehead atoms. The van der Waals surface area contributed by atoms with Crippen molar-refractivity contribution in [2.75, 3.05) is 34.9 Å². The van der Waals surface area contributed by atoms with Gasteiger partial charge in [-0.05, 0) is 16.7 Å². The molecule has 0 aliphatic rings. The molecule has 0 radical (unpaired) electrons. The molecule has 0 aliphatic heterocycles. The van der Waals surface area contributed by atoms with Gasteiger partial charge in [0, 0.05) is 37.8 Å². The van der Waals surface area contributed by atoms with E-state index in [0.29, 0.717) is 17.9 Å². The Bertz CT molecular complexity index is 1000. The molecule has 0 N–H and O–H groups in total. The van der Waals surface area contributed by atoms with Crippen LogP contribution in [0.2, 0.25) is 0 Å². The van der Waals surface area contributed by atoms with Crippen molar-refractivity contribution < 1.29 is 28.5 Å². The van der Waals surface area contributed by atoms with Crippen molar-refractivity contribution in [3.8, 4) is 22.6 Å². The second-order valence-electron chi connectivity index (χ2n) is 7.09. The van der Waals surface area contributed by atoms with Gasteiger partial charge in [0.2, 0.25) is 0 Å². The Hall–Kier alpha value is -3.35. The number of benzene rings is 3. The molecule has 0 aromatic heterocycles. The van der Waals surface area contributed by atoms with Gasteiger partial charge in [0.1, 0.15) is 11.5 Å². The lowest BCUT2D eigenvalue weighted by Gasteiger charge is -2.22. The lowest BCUT2D eigenvalue weighted by molar-refractivity contribution is -0.139. The van der Waals surface area contributed by atoms with Crippen LogP contribution in [0.15, 0.2) is 66.7 Å². The minimum atomic E-state index is -0.349. The van der Waals surface area contributed by atoms with Gasteiger partial charge in [0.05, 0.1) is 13.5 Å². The van der Waals surface area contributed by atoms with Gasteiger partial charge in [0.15, 0.2) is 13.6 Å². The lowest BCUT2D eigenvalue weighted by atomic mass is 9.88. The summed E-state index contributed by atoms with van der Waals surface area (Å²) in [6, 6.07) is 21.7.